The topological polar surface area (TPSA) is 32.3 Å². The van der Waals surface area contributed by atoms with E-state index in [0.717, 1.165) is 31.5 Å². The van der Waals surface area contributed by atoms with Crippen LogP contribution in [0.2, 0.25) is 0 Å². The molecule has 0 aromatic heterocycles. The van der Waals surface area contributed by atoms with Crippen molar-refractivity contribution in [1.29, 1.82) is 0 Å². The molecule has 1 saturated carbocycles. The molecule has 2 rings (SSSR count). The van der Waals surface area contributed by atoms with Crippen molar-refractivity contribution in [3.8, 4) is 0 Å². The summed E-state index contributed by atoms with van der Waals surface area (Å²) in [6, 6.07) is 0.625. The maximum atomic E-state index is 11.9. The van der Waals surface area contributed by atoms with Gasteiger partial charge >= 0.3 is 0 Å². The van der Waals surface area contributed by atoms with Crippen LogP contribution in [0.15, 0.2) is 0 Å². The number of likely N-dealkylation sites (tertiary alicyclic amines) is 1. The molecular weight excluding hydrogens is 224 g/mol. The molecule has 2 fully saturated rings. The smallest absolute Gasteiger partial charge is 0.223 e. The van der Waals surface area contributed by atoms with Crippen LogP contribution < -0.4 is 5.32 Å². The number of carbonyl (C=O) groups excluding carboxylic acids is 1. The van der Waals surface area contributed by atoms with Gasteiger partial charge in [0.25, 0.3) is 0 Å². The van der Waals surface area contributed by atoms with E-state index in [1.54, 1.807) is 0 Å². The van der Waals surface area contributed by atoms with Crippen molar-refractivity contribution in [3.05, 3.63) is 0 Å². The third-order valence-electron chi connectivity index (χ3n) is 4.91. The number of amides is 1. The van der Waals surface area contributed by atoms with E-state index in [1.807, 2.05) is 4.90 Å². The summed E-state index contributed by atoms with van der Waals surface area (Å²) < 4.78 is 0. The molecule has 1 aliphatic heterocycles. The zero-order chi connectivity index (χ0) is 13.0. The van der Waals surface area contributed by atoms with Crippen LogP contribution >= 0.6 is 0 Å². The zero-order valence-corrected chi connectivity index (χ0v) is 12.0. The molecule has 18 heavy (non-hydrogen) atoms. The molecule has 3 heteroatoms. The molecule has 3 nitrogen and oxygen atoms in total. The summed E-state index contributed by atoms with van der Waals surface area (Å²) in [7, 11) is 0. The monoisotopic (exact) mass is 252 g/mol. The average molecular weight is 252 g/mol. The SMILES string of the molecule is CC1CCCC(NCCC(=O)N2CCCC2)C1C. The van der Waals surface area contributed by atoms with E-state index in [4.69, 9.17) is 0 Å². The Balaban J connectivity index is 1.66. The highest BCUT2D eigenvalue weighted by Gasteiger charge is 2.26. The normalized spacial score (nSPS) is 32.8. The van der Waals surface area contributed by atoms with E-state index < -0.39 is 0 Å². The molecular formula is C15H28N2O. The minimum absolute atomic E-state index is 0.344. The number of hydrogen-bond donors (Lipinski definition) is 1. The molecule has 104 valence electrons. The number of hydrogen-bond acceptors (Lipinski definition) is 2. The summed E-state index contributed by atoms with van der Waals surface area (Å²) in [4.78, 5) is 13.9. The highest BCUT2D eigenvalue weighted by atomic mass is 16.2. The van der Waals surface area contributed by atoms with Gasteiger partial charge in [-0.1, -0.05) is 26.7 Å². The van der Waals surface area contributed by atoms with Gasteiger partial charge in [0, 0.05) is 32.1 Å². The maximum Gasteiger partial charge on any atom is 0.223 e. The fourth-order valence-corrected chi connectivity index (χ4v) is 3.36. The van der Waals surface area contributed by atoms with Crippen molar-refractivity contribution in [2.75, 3.05) is 19.6 Å². The second-order valence-electron chi connectivity index (χ2n) is 6.17. The standard InChI is InChI=1S/C15H28N2O/c1-12-6-5-7-14(13(12)2)16-9-8-15(18)17-10-3-4-11-17/h12-14,16H,3-11H2,1-2H3. The van der Waals surface area contributed by atoms with E-state index in [2.05, 4.69) is 19.2 Å². The van der Waals surface area contributed by atoms with E-state index in [9.17, 15) is 4.79 Å². The minimum Gasteiger partial charge on any atom is -0.343 e. The molecule has 0 aromatic carbocycles. The summed E-state index contributed by atoms with van der Waals surface area (Å²) >= 11 is 0. The van der Waals surface area contributed by atoms with Gasteiger partial charge in [-0.15, -0.1) is 0 Å². The Hall–Kier alpha value is -0.570. The van der Waals surface area contributed by atoms with Crippen molar-refractivity contribution in [3.63, 3.8) is 0 Å². The second kappa shape index (κ2) is 6.55. The summed E-state index contributed by atoms with van der Waals surface area (Å²) in [5.41, 5.74) is 0. The molecule has 0 radical (unpaired) electrons. The average Bonchev–Trinajstić information content (AvgIpc) is 2.88. The van der Waals surface area contributed by atoms with E-state index in [-0.39, 0.29) is 0 Å². The third-order valence-corrected chi connectivity index (χ3v) is 4.91. The van der Waals surface area contributed by atoms with Gasteiger partial charge in [0.2, 0.25) is 5.91 Å². The fourth-order valence-electron chi connectivity index (χ4n) is 3.36. The van der Waals surface area contributed by atoms with Crippen LogP contribution in [-0.4, -0.2) is 36.5 Å². The van der Waals surface area contributed by atoms with Gasteiger partial charge in [-0.2, -0.15) is 0 Å². The van der Waals surface area contributed by atoms with Gasteiger partial charge in [0.05, 0.1) is 0 Å². The maximum absolute atomic E-state index is 11.9. The molecule has 1 amide bonds. The van der Waals surface area contributed by atoms with Crippen LogP contribution in [0.1, 0.15) is 52.4 Å². The molecule has 2 aliphatic rings. The Kier molecular flexibility index (Phi) is 5.04. The fraction of sp³-hybridized carbons (Fsp3) is 0.933. The molecule has 1 aliphatic carbocycles. The summed E-state index contributed by atoms with van der Waals surface area (Å²) in [6.07, 6.45) is 7.04. The third kappa shape index (κ3) is 3.47. The Labute approximate surface area is 111 Å². The van der Waals surface area contributed by atoms with Gasteiger partial charge in [-0.25, -0.2) is 0 Å². The molecule has 0 aromatic rings. The molecule has 3 atom stereocenters. The lowest BCUT2D eigenvalue weighted by molar-refractivity contribution is -0.130. The van der Waals surface area contributed by atoms with Gasteiger partial charge < -0.3 is 10.2 Å². The molecule has 3 unspecified atom stereocenters. The predicted octanol–water partition coefficient (Wildman–Crippen LogP) is 2.41. The van der Waals surface area contributed by atoms with Gasteiger partial charge in [0.15, 0.2) is 0 Å². The first kappa shape index (κ1) is 13.9. The molecule has 1 saturated heterocycles. The second-order valence-corrected chi connectivity index (χ2v) is 6.17. The summed E-state index contributed by atoms with van der Waals surface area (Å²) in [5.74, 6) is 1.92. The zero-order valence-electron chi connectivity index (χ0n) is 12.0. The Morgan fingerprint density at radius 1 is 1.17 bits per heavy atom. The van der Waals surface area contributed by atoms with Gasteiger partial charge in [-0.3, -0.25) is 4.79 Å². The lowest BCUT2D eigenvalue weighted by Gasteiger charge is -2.34. The lowest BCUT2D eigenvalue weighted by Crippen LogP contribution is -2.42. The number of nitrogens with one attached hydrogen (secondary N) is 1. The van der Waals surface area contributed by atoms with Gasteiger partial charge in [0.1, 0.15) is 0 Å². The minimum atomic E-state index is 0.344. The van der Waals surface area contributed by atoms with Crippen LogP contribution in [0.25, 0.3) is 0 Å². The largest absolute Gasteiger partial charge is 0.343 e. The summed E-state index contributed by atoms with van der Waals surface area (Å²) in [6.45, 7) is 7.53. The van der Waals surface area contributed by atoms with Crippen LogP contribution in [0.4, 0.5) is 0 Å². The van der Waals surface area contributed by atoms with Crippen LogP contribution in [-0.2, 0) is 4.79 Å². The lowest BCUT2D eigenvalue weighted by atomic mass is 9.78. The Morgan fingerprint density at radius 2 is 1.89 bits per heavy atom. The predicted molar refractivity (Wildman–Crippen MR) is 74.4 cm³/mol. The summed E-state index contributed by atoms with van der Waals surface area (Å²) in [5, 5.41) is 3.61. The van der Waals surface area contributed by atoms with Crippen LogP contribution in [0.5, 0.6) is 0 Å². The Bertz CT molecular complexity index is 274. The molecule has 0 bridgehead atoms. The highest BCUT2D eigenvalue weighted by Crippen LogP contribution is 2.29. The van der Waals surface area contributed by atoms with Crippen molar-refractivity contribution in [2.45, 2.75) is 58.4 Å². The van der Waals surface area contributed by atoms with E-state index >= 15 is 0 Å². The quantitative estimate of drug-likeness (QED) is 0.833. The number of rotatable bonds is 4. The molecule has 0 spiro atoms. The first-order valence-corrected chi connectivity index (χ1v) is 7.69. The first-order valence-electron chi connectivity index (χ1n) is 7.69. The van der Waals surface area contributed by atoms with Crippen molar-refractivity contribution in [1.82, 2.24) is 10.2 Å². The molecule has 1 heterocycles. The van der Waals surface area contributed by atoms with E-state index in [0.29, 0.717) is 18.4 Å². The van der Waals surface area contributed by atoms with E-state index in [1.165, 1.54) is 32.1 Å². The molecule has 1 N–H and O–H groups in total. The van der Waals surface area contributed by atoms with Crippen LogP contribution in [0, 0.1) is 11.8 Å². The Morgan fingerprint density at radius 3 is 2.61 bits per heavy atom. The number of nitrogens with zero attached hydrogens (tertiary/aromatic N) is 1. The van der Waals surface area contributed by atoms with Crippen molar-refractivity contribution >= 4 is 5.91 Å². The first-order chi connectivity index (χ1) is 8.68. The highest BCUT2D eigenvalue weighted by molar-refractivity contribution is 5.76. The van der Waals surface area contributed by atoms with Crippen molar-refractivity contribution in [2.24, 2.45) is 11.8 Å². The van der Waals surface area contributed by atoms with Crippen LogP contribution in [0.3, 0.4) is 0 Å². The van der Waals surface area contributed by atoms with Gasteiger partial charge in [-0.05, 0) is 31.1 Å². The number of carbonyl (C=O) groups is 1. The van der Waals surface area contributed by atoms with Crippen molar-refractivity contribution < 1.29 is 4.79 Å².